The fraction of sp³-hybridized carbons (Fsp3) is 0.625. The summed E-state index contributed by atoms with van der Waals surface area (Å²) in [6, 6.07) is 0. The summed E-state index contributed by atoms with van der Waals surface area (Å²) in [5, 5.41) is 0.0963. The molecule has 0 aromatic carbocycles. The second kappa shape index (κ2) is 3.70. The van der Waals surface area contributed by atoms with Crippen molar-refractivity contribution in [2.75, 3.05) is 0 Å². The molecule has 0 aliphatic heterocycles. The van der Waals surface area contributed by atoms with Gasteiger partial charge in [0.05, 0.1) is 12.5 Å². The predicted molar refractivity (Wildman–Crippen MR) is 53.3 cm³/mol. The maximum absolute atomic E-state index is 11.7. The average Bonchev–Trinajstić information content (AvgIpc) is 2.54. The summed E-state index contributed by atoms with van der Waals surface area (Å²) in [7, 11) is -3.45. The van der Waals surface area contributed by atoms with Crippen LogP contribution in [-0.4, -0.2) is 23.9 Å². The van der Waals surface area contributed by atoms with Crippen molar-refractivity contribution in [2.45, 2.75) is 37.8 Å². The SMILES string of the molecule is CCC(C)(C)NS(=O)(=O)c1cnc[nH]1. The number of hydrogen-bond acceptors (Lipinski definition) is 3. The highest BCUT2D eigenvalue weighted by atomic mass is 32.2. The molecule has 1 heterocycles. The van der Waals surface area contributed by atoms with Gasteiger partial charge in [-0.2, -0.15) is 0 Å². The normalized spacial score (nSPS) is 13.1. The smallest absolute Gasteiger partial charge is 0.258 e. The third-order valence-electron chi connectivity index (χ3n) is 2.06. The summed E-state index contributed by atoms with van der Waals surface area (Å²) < 4.78 is 26.0. The standard InChI is InChI=1S/C8H15N3O2S/c1-4-8(2,3)11-14(12,13)7-5-9-6-10-7/h5-6,11H,4H2,1-3H3,(H,9,10). The van der Waals surface area contributed by atoms with Crippen LogP contribution in [0.1, 0.15) is 27.2 Å². The van der Waals surface area contributed by atoms with Crippen LogP contribution < -0.4 is 4.72 Å². The zero-order chi connectivity index (χ0) is 10.8. The number of aromatic amines is 1. The molecular weight excluding hydrogens is 202 g/mol. The van der Waals surface area contributed by atoms with Gasteiger partial charge >= 0.3 is 0 Å². The maximum atomic E-state index is 11.7. The molecule has 1 aromatic heterocycles. The van der Waals surface area contributed by atoms with Gasteiger partial charge in [0.15, 0.2) is 5.03 Å². The first-order valence-electron chi connectivity index (χ1n) is 4.40. The number of nitrogens with zero attached hydrogens (tertiary/aromatic N) is 1. The Morgan fingerprint density at radius 2 is 2.21 bits per heavy atom. The first-order valence-corrected chi connectivity index (χ1v) is 5.88. The minimum atomic E-state index is -3.45. The van der Waals surface area contributed by atoms with Crippen molar-refractivity contribution in [1.82, 2.24) is 14.7 Å². The van der Waals surface area contributed by atoms with E-state index in [9.17, 15) is 8.42 Å². The van der Waals surface area contributed by atoms with E-state index in [0.717, 1.165) is 6.42 Å². The molecule has 2 N–H and O–H groups in total. The van der Waals surface area contributed by atoms with Gasteiger partial charge in [0.25, 0.3) is 10.0 Å². The summed E-state index contributed by atoms with van der Waals surface area (Å²) in [5.41, 5.74) is -0.441. The van der Waals surface area contributed by atoms with Crippen LogP contribution in [0.25, 0.3) is 0 Å². The van der Waals surface area contributed by atoms with Crippen LogP contribution in [0, 0.1) is 0 Å². The lowest BCUT2D eigenvalue weighted by Gasteiger charge is -2.23. The molecule has 0 saturated carbocycles. The van der Waals surface area contributed by atoms with Crippen molar-refractivity contribution >= 4 is 10.0 Å². The lowest BCUT2D eigenvalue weighted by molar-refractivity contribution is 0.438. The molecule has 0 atom stereocenters. The zero-order valence-electron chi connectivity index (χ0n) is 8.53. The van der Waals surface area contributed by atoms with Gasteiger partial charge in [0, 0.05) is 5.54 Å². The Labute approximate surface area is 84.0 Å². The number of H-pyrrole nitrogens is 1. The van der Waals surface area contributed by atoms with Crippen LogP contribution in [0.2, 0.25) is 0 Å². The van der Waals surface area contributed by atoms with Crippen molar-refractivity contribution in [3.8, 4) is 0 Å². The molecule has 1 aromatic rings. The minimum absolute atomic E-state index is 0.0963. The van der Waals surface area contributed by atoms with E-state index < -0.39 is 15.6 Å². The Bertz CT molecular complexity index is 381. The molecule has 0 spiro atoms. The van der Waals surface area contributed by atoms with E-state index in [1.54, 1.807) is 0 Å². The third-order valence-corrected chi connectivity index (χ3v) is 3.68. The first kappa shape index (κ1) is 11.2. The van der Waals surface area contributed by atoms with E-state index in [2.05, 4.69) is 14.7 Å². The molecule has 0 fully saturated rings. The number of sulfonamides is 1. The van der Waals surface area contributed by atoms with Crippen LogP contribution in [0.4, 0.5) is 0 Å². The minimum Gasteiger partial charge on any atom is -0.335 e. The van der Waals surface area contributed by atoms with Crippen LogP contribution in [-0.2, 0) is 10.0 Å². The fourth-order valence-corrected chi connectivity index (χ4v) is 2.27. The van der Waals surface area contributed by atoms with E-state index >= 15 is 0 Å². The Morgan fingerprint density at radius 3 is 2.64 bits per heavy atom. The highest BCUT2D eigenvalue weighted by molar-refractivity contribution is 7.89. The van der Waals surface area contributed by atoms with Crippen molar-refractivity contribution < 1.29 is 8.42 Å². The second-order valence-corrected chi connectivity index (χ2v) is 5.41. The summed E-state index contributed by atoms with van der Waals surface area (Å²) >= 11 is 0. The monoisotopic (exact) mass is 217 g/mol. The lowest BCUT2D eigenvalue weighted by atomic mass is 10.0. The molecule has 0 bridgehead atoms. The van der Waals surface area contributed by atoms with Crippen molar-refractivity contribution in [3.05, 3.63) is 12.5 Å². The van der Waals surface area contributed by atoms with Crippen LogP contribution in [0.15, 0.2) is 17.6 Å². The van der Waals surface area contributed by atoms with Gasteiger partial charge in [0.1, 0.15) is 0 Å². The van der Waals surface area contributed by atoms with Gasteiger partial charge in [-0.3, -0.25) is 0 Å². The molecule has 0 unspecified atom stereocenters. The molecule has 80 valence electrons. The van der Waals surface area contributed by atoms with Crippen molar-refractivity contribution in [3.63, 3.8) is 0 Å². The van der Waals surface area contributed by atoms with Gasteiger partial charge in [0.2, 0.25) is 0 Å². The van der Waals surface area contributed by atoms with Gasteiger partial charge in [-0.15, -0.1) is 0 Å². The number of hydrogen-bond donors (Lipinski definition) is 2. The summed E-state index contributed by atoms with van der Waals surface area (Å²) in [6.07, 6.45) is 3.35. The summed E-state index contributed by atoms with van der Waals surface area (Å²) in [4.78, 5) is 6.23. The highest BCUT2D eigenvalue weighted by Crippen LogP contribution is 2.12. The number of rotatable bonds is 4. The molecular formula is C8H15N3O2S. The van der Waals surface area contributed by atoms with Crippen LogP contribution in [0.5, 0.6) is 0 Å². The Balaban J connectivity index is 2.89. The van der Waals surface area contributed by atoms with Gasteiger partial charge < -0.3 is 4.98 Å². The number of imidazole rings is 1. The molecule has 0 aliphatic rings. The van der Waals surface area contributed by atoms with E-state index in [-0.39, 0.29) is 5.03 Å². The summed E-state index contributed by atoms with van der Waals surface area (Å²) in [5.74, 6) is 0. The largest absolute Gasteiger partial charge is 0.335 e. The van der Waals surface area contributed by atoms with Crippen molar-refractivity contribution in [2.24, 2.45) is 0 Å². The number of aromatic nitrogens is 2. The zero-order valence-corrected chi connectivity index (χ0v) is 9.35. The summed E-state index contributed by atoms with van der Waals surface area (Å²) in [6.45, 7) is 5.59. The van der Waals surface area contributed by atoms with Crippen LogP contribution >= 0.6 is 0 Å². The highest BCUT2D eigenvalue weighted by Gasteiger charge is 2.25. The van der Waals surface area contributed by atoms with Gasteiger partial charge in [-0.05, 0) is 20.3 Å². The molecule has 5 nitrogen and oxygen atoms in total. The third kappa shape index (κ3) is 2.55. The first-order chi connectivity index (χ1) is 6.37. The Hall–Kier alpha value is -0.880. The van der Waals surface area contributed by atoms with E-state index in [4.69, 9.17) is 0 Å². The Morgan fingerprint density at radius 1 is 1.57 bits per heavy atom. The average molecular weight is 217 g/mol. The molecule has 0 amide bonds. The molecule has 1 rings (SSSR count). The fourth-order valence-electron chi connectivity index (χ4n) is 0.881. The van der Waals surface area contributed by atoms with E-state index in [0.29, 0.717) is 0 Å². The number of nitrogens with one attached hydrogen (secondary N) is 2. The van der Waals surface area contributed by atoms with Crippen LogP contribution in [0.3, 0.4) is 0 Å². The lowest BCUT2D eigenvalue weighted by Crippen LogP contribution is -2.42. The molecule has 0 radical (unpaired) electrons. The van der Waals surface area contributed by atoms with E-state index in [1.165, 1.54) is 12.5 Å². The second-order valence-electron chi connectivity index (χ2n) is 3.76. The molecule has 6 heteroatoms. The molecule has 14 heavy (non-hydrogen) atoms. The topological polar surface area (TPSA) is 74.8 Å². The maximum Gasteiger partial charge on any atom is 0.258 e. The Kier molecular flexibility index (Phi) is 2.96. The van der Waals surface area contributed by atoms with Crippen molar-refractivity contribution in [1.29, 1.82) is 0 Å². The van der Waals surface area contributed by atoms with Gasteiger partial charge in [-0.25, -0.2) is 18.1 Å². The quantitative estimate of drug-likeness (QED) is 0.786. The predicted octanol–water partition coefficient (Wildman–Crippen LogP) is 0.877. The van der Waals surface area contributed by atoms with Gasteiger partial charge in [-0.1, -0.05) is 6.92 Å². The van der Waals surface area contributed by atoms with E-state index in [1.807, 2.05) is 20.8 Å². The molecule has 0 aliphatic carbocycles. The molecule has 0 saturated heterocycles.